The molecule has 6 nitrogen and oxygen atoms in total. The van der Waals surface area contributed by atoms with E-state index < -0.39 is 0 Å². The van der Waals surface area contributed by atoms with Crippen LogP contribution in [-0.2, 0) is 11.2 Å². The number of nitrogens with one attached hydrogen (secondary N) is 2. The van der Waals surface area contributed by atoms with E-state index in [-0.39, 0.29) is 42.2 Å². The van der Waals surface area contributed by atoms with E-state index in [0.717, 1.165) is 55.8 Å². The lowest BCUT2D eigenvalue weighted by molar-refractivity contribution is -0.138. The Hall–Kier alpha value is -1.34. The van der Waals surface area contributed by atoms with E-state index in [1.165, 1.54) is 0 Å². The molecule has 3 N–H and O–H groups in total. The molecule has 2 saturated heterocycles. The number of benzene rings is 1. The summed E-state index contributed by atoms with van der Waals surface area (Å²) in [6.07, 6.45) is 3.52. The lowest BCUT2D eigenvalue weighted by atomic mass is 9.72. The van der Waals surface area contributed by atoms with Crippen LogP contribution in [0.3, 0.4) is 0 Å². The zero-order chi connectivity index (χ0) is 17.3. The number of hydrogen-bond acceptors (Lipinski definition) is 4. The molecule has 1 aromatic carbocycles. The summed E-state index contributed by atoms with van der Waals surface area (Å²) in [5.41, 5.74) is 1.79. The van der Waals surface area contributed by atoms with Crippen LogP contribution in [0.2, 0.25) is 0 Å². The topological polar surface area (TPSA) is 81.2 Å². The molecule has 2 aliphatic heterocycles. The number of aromatic amines is 1. The summed E-state index contributed by atoms with van der Waals surface area (Å²) in [6, 6.07) is 7.92. The molecule has 0 saturated carbocycles. The lowest BCUT2D eigenvalue weighted by Crippen LogP contribution is -2.58. The number of fused-ring (bicyclic) bond motifs is 1. The van der Waals surface area contributed by atoms with Gasteiger partial charge in [-0.15, -0.1) is 24.8 Å². The van der Waals surface area contributed by atoms with E-state index in [0.29, 0.717) is 19.4 Å². The van der Waals surface area contributed by atoms with Gasteiger partial charge in [0.2, 0.25) is 5.91 Å². The second-order valence-corrected chi connectivity index (χ2v) is 7.46. The van der Waals surface area contributed by atoms with Crippen molar-refractivity contribution < 1.29 is 9.90 Å². The number of carbonyl (C=O) groups excluding carboxylic acids is 1. The van der Waals surface area contributed by atoms with Gasteiger partial charge in [0.05, 0.1) is 17.1 Å². The highest BCUT2D eigenvalue weighted by Crippen LogP contribution is 2.36. The maximum absolute atomic E-state index is 12.7. The van der Waals surface area contributed by atoms with Gasteiger partial charge in [0.25, 0.3) is 0 Å². The number of nitrogens with zero attached hydrogens (tertiary/aromatic N) is 2. The molecule has 0 aliphatic carbocycles. The molecule has 1 amide bonds. The first kappa shape index (κ1) is 22.0. The second kappa shape index (κ2) is 9.24. The molecule has 1 aromatic heterocycles. The summed E-state index contributed by atoms with van der Waals surface area (Å²) >= 11 is 0. The fourth-order valence-electron chi connectivity index (χ4n) is 4.30. The van der Waals surface area contributed by atoms with Crippen LogP contribution >= 0.6 is 24.8 Å². The predicted octanol–water partition coefficient (Wildman–Crippen LogP) is 2.30. The molecular weight excluding hydrogens is 387 g/mol. The van der Waals surface area contributed by atoms with Crippen LogP contribution in [0.25, 0.3) is 11.0 Å². The molecule has 0 bridgehead atoms. The van der Waals surface area contributed by atoms with Gasteiger partial charge in [0.1, 0.15) is 5.82 Å². The number of para-hydroxylation sites is 2. The van der Waals surface area contributed by atoms with Gasteiger partial charge < -0.3 is 20.3 Å². The average molecular weight is 415 g/mol. The first-order valence-corrected chi connectivity index (χ1v) is 9.26. The Morgan fingerprint density at radius 1 is 1.33 bits per heavy atom. The number of aliphatic hydroxyl groups excluding tert-OH is 1. The summed E-state index contributed by atoms with van der Waals surface area (Å²) in [5.74, 6) is 1.03. The highest BCUT2D eigenvalue weighted by molar-refractivity contribution is 5.85. The zero-order valence-corrected chi connectivity index (χ0v) is 17.0. The van der Waals surface area contributed by atoms with Crippen molar-refractivity contribution in [2.24, 2.45) is 5.41 Å². The number of H-pyrrole nitrogens is 1. The molecule has 2 atom stereocenters. The summed E-state index contributed by atoms with van der Waals surface area (Å²) in [6.45, 7) is 3.14. The first-order valence-electron chi connectivity index (χ1n) is 9.26. The third kappa shape index (κ3) is 4.57. The fourth-order valence-corrected chi connectivity index (χ4v) is 4.30. The number of piperidine rings is 2. The SMILES string of the molecule is Cl.Cl.O=C(CCc1nc2ccccc2[nH]1)N1CCC[C@]2(CNCC[C@@H]2O)C1. The highest BCUT2D eigenvalue weighted by atomic mass is 35.5. The number of hydrogen-bond donors (Lipinski definition) is 3. The monoisotopic (exact) mass is 414 g/mol. The number of amides is 1. The number of likely N-dealkylation sites (tertiary alicyclic amines) is 1. The van der Waals surface area contributed by atoms with Gasteiger partial charge in [-0.25, -0.2) is 4.98 Å². The largest absolute Gasteiger partial charge is 0.392 e. The van der Waals surface area contributed by atoms with E-state index in [4.69, 9.17) is 0 Å². The van der Waals surface area contributed by atoms with Gasteiger partial charge in [-0.3, -0.25) is 4.79 Å². The number of imidazole rings is 1. The van der Waals surface area contributed by atoms with E-state index in [1.807, 2.05) is 29.2 Å². The number of carbonyl (C=O) groups is 1. The maximum atomic E-state index is 12.7. The molecule has 8 heteroatoms. The summed E-state index contributed by atoms with van der Waals surface area (Å²) in [4.78, 5) is 22.5. The molecule has 0 radical (unpaired) electrons. The molecule has 3 heterocycles. The Kier molecular flexibility index (Phi) is 7.51. The molecule has 4 rings (SSSR count). The van der Waals surface area contributed by atoms with Gasteiger partial charge in [0, 0.05) is 37.9 Å². The van der Waals surface area contributed by atoms with Crippen LogP contribution < -0.4 is 5.32 Å². The minimum Gasteiger partial charge on any atom is -0.392 e. The highest BCUT2D eigenvalue weighted by Gasteiger charge is 2.43. The number of halogens is 2. The van der Waals surface area contributed by atoms with Crippen LogP contribution in [0.5, 0.6) is 0 Å². The third-order valence-corrected chi connectivity index (χ3v) is 5.75. The quantitative estimate of drug-likeness (QED) is 0.719. The summed E-state index contributed by atoms with van der Waals surface area (Å²) < 4.78 is 0. The van der Waals surface area contributed by atoms with Crippen molar-refractivity contribution in [3.63, 3.8) is 0 Å². The average Bonchev–Trinajstić information content (AvgIpc) is 3.05. The maximum Gasteiger partial charge on any atom is 0.223 e. The standard InChI is InChI=1S/C19H26N4O2.2ClH/c24-16-8-10-20-12-19(16)9-3-11-23(13-19)18(25)7-6-17-21-14-4-1-2-5-15(14)22-17;;/h1-2,4-5,16,20,24H,3,6-13H2,(H,21,22);2*1H/t16-,19-;;/m0../s1. The van der Waals surface area contributed by atoms with Crippen LogP contribution in [0.15, 0.2) is 24.3 Å². The minimum absolute atomic E-state index is 0. The smallest absolute Gasteiger partial charge is 0.223 e. The Morgan fingerprint density at radius 2 is 2.15 bits per heavy atom. The molecule has 2 fully saturated rings. The molecule has 150 valence electrons. The Labute approximate surface area is 171 Å². The van der Waals surface area contributed by atoms with Gasteiger partial charge in [-0.05, 0) is 37.9 Å². The van der Waals surface area contributed by atoms with Crippen LogP contribution in [-0.4, -0.2) is 58.2 Å². The number of aryl methyl sites for hydroxylation is 1. The molecular formula is C19H28Cl2N4O2. The summed E-state index contributed by atoms with van der Waals surface area (Å²) in [5, 5.41) is 13.9. The van der Waals surface area contributed by atoms with Crippen LogP contribution in [0.4, 0.5) is 0 Å². The van der Waals surface area contributed by atoms with E-state index >= 15 is 0 Å². The molecule has 2 aromatic rings. The molecule has 27 heavy (non-hydrogen) atoms. The Bertz CT molecular complexity index is 732. The van der Waals surface area contributed by atoms with Crippen molar-refractivity contribution in [1.82, 2.24) is 20.2 Å². The van der Waals surface area contributed by atoms with Crippen molar-refractivity contribution in [3.05, 3.63) is 30.1 Å². The number of aliphatic hydroxyl groups is 1. The van der Waals surface area contributed by atoms with Crippen molar-refractivity contribution in [2.45, 2.75) is 38.2 Å². The van der Waals surface area contributed by atoms with Crippen molar-refractivity contribution in [1.29, 1.82) is 0 Å². The normalized spacial score (nSPS) is 25.1. The molecule has 0 unspecified atom stereocenters. The Morgan fingerprint density at radius 3 is 2.93 bits per heavy atom. The molecule has 1 spiro atoms. The number of aromatic nitrogens is 2. The first-order chi connectivity index (χ1) is 12.2. The lowest BCUT2D eigenvalue weighted by Gasteiger charge is -2.48. The minimum atomic E-state index is -0.306. The van der Waals surface area contributed by atoms with Gasteiger partial charge in [0.15, 0.2) is 0 Å². The predicted molar refractivity (Wildman–Crippen MR) is 111 cm³/mol. The second-order valence-electron chi connectivity index (χ2n) is 7.46. The van der Waals surface area contributed by atoms with E-state index in [2.05, 4.69) is 15.3 Å². The third-order valence-electron chi connectivity index (χ3n) is 5.75. The number of rotatable bonds is 3. The fraction of sp³-hybridized carbons (Fsp3) is 0.579. The van der Waals surface area contributed by atoms with Crippen molar-refractivity contribution >= 4 is 41.8 Å². The Balaban J connectivity index is 0.00000131. The van der Waals surface area contributed by atoms with Gasteiger partial charge in [-0.2, -0.15) is 0 Å². The van der Waals surface area contributed by atoms with Crippen molar-refractivity contribution in [3.8, 4) is 0 Å². The van der Waals surface area contributed by atoms with Gasteiger partial charge >= 0.3 is 0 Å². The van der Waals surface area contributed by atoms with E-state index in [9.17, 15) is 9.90 Å². The van der Waals surface area contributed by atoms with Crippen molar-refractivity contribution in [2.75, 3.05) is 26.2 Å². The van der Waals surface area contributed by atoms with Crippen LogP contribution in [0.1, 0.15) is 31.5 Å². The summed E-state index contributed by atoms with van der Waals surface area (Å²) in [7, 11) is 0. The zero-order valence-electron chi connectivity index (χ0n) is 15.3. The molecule has 2 aliphatic rings. The van der Waals surface area contributed by atoms with E-state index in [1.54, 1.807) is 0 Å². The van der Waals surface area contributed by atoms with Gasteiger partial charge in [-0.1, -0.05) is 12.1 Å². The van der Waals surface area contributed by atoms with Crippen LogP contribution in [0, 0.1) is 5.41 Å².